The molecule has 0 aliphatic carbocycles. The van der Waals surface area contributed by atoms with Crippen molar-refractivity contribution >= 4 is 28.8 Å². The number of anilines is 4. The molecule has 0 radical (unpaired) electrons. The highest BCUT2D eigenvalue weighted by Crippen LogP contribution is 2.21. The van der Waals surface area contributed by atoms with Gasteiger partial charge in [0.25, 0.3) is 5.91 Å². The number of hydrogen-bond donors (Lipinski definition) is 2. The molecule has 0 spiro atoms. The van der Waals surface area contributed by atoms with Gasteiger partial charge in [0.15, 0.2) is 5.82 Å². The summed E-state index contributed by atoms with van der Waals surface area (Å²) in [6, 6.07) is 18.6. The van der Waals surface area contributed by atoms with Gasteiger partial charge in [-0.2, -0.15) is 5.10 Å². The molecular weight excluding hydrogens is 354 g/mol. The summed E-state index contributed by atoms with van der Waals surface area (Å²) < 4.78 is 5.39. The summed E-state index contributed by atoms with van der Waals surface area (Å²) in [5.41, 5.74) is 3.24. The molecule has 0 bridgehead atoms. The molecule has 7 heteroatoms. The van der Waals surface area contributed by atoms with Crippen LogP contribution in [0.3, 0.4) is 0 Å². The van der Waals surface area contributed by atoms with E-state index in [0.29, 0.717) is 11.4 Å². The second-order valence-corrected chi connectivity index (χ2v) is 6.42. The van der Waals surface area contributed by atoms with Gasteiger partial charge in [-0.3, -0.25) is 4.79 Å². The monoisotopic (exact) mass is 375 g/mol. The molecule has 28 heavy (non-hydrogen) atoms. The van der Waals surface area contributed by atoms with Gasteiger partial charge in [0.05, 0.1) is 25.1 Å². The van der Waals surface area contributed by atoms with Crippen LogP contribution in [0.5, 0.6) is 0 Å². The lowest BCUT2D eigenvalue weighted by atomic mass is 10.2. The maximum Gasteiger partial charge on any atom is 0.255 e. The summed E-state index contributed by atoms with van der Waals surface area (Å²) in [6.07, 6.45) is 1.76. The third-order valence-electron chi connectivity index (χ3n) is 4.47. The first kappa shape index (κ1) is 17.9. The van der Waals surface area contributed by atoms with E-state index in [1.807, 2.05) is 48.5 Å². The van der Waals surface area contributed by atoms with Crippen LogP contribution in [0.2, 0.25) is 0 Å². The van der Waals surface area contributed by atoms with Gasteiger partial charge in [0.1, 0.15) is 0 Å². The molecule has 1 aromatic heterocycles. The highest BCUT2D eigenvalue weighted by Gasteiger charge is 2.12. The fraction of sp³-hybridized carbons (Fsp3) is 0.190. The van der Waals surface area contributed by atoms with Gasteiger partial charge in [0.2, 0.25) is 0 Å². The smallest absolute Gasteiger partial charge is 0.255 e. The molecule has 3 aromatic rings. The van der Waals surface area contributed by atoms with Crippen LogP contribution in [0.4, 0.5) is 22.9 Å². The van der Waals surface area contributed by atoms with Crippen molar-refractivity contribution in [2.24, 2.45) is 0 Å². The van der Waals surface area contributed by atoms with E-state index >= 15 is 0 Å². The van der Waals surface area contributed by atoms with Crippen molar-refractivity contribution in [1.82, 2.24) is 10.2 Å². The van der Waals surface area contributed by atoms with Crippen molar-refractivity contribution in [2.45, 2.75) is 0 Å². The Morgan fingerprint density at radius 3 is 2.43 bits per heavy atom. The number of amides is 1. The Morgan fingerprint density at radius 1 is 0.964 bits per heavy atom. The lowest BCUT2D eigenvalue weighted by Gasteiger charge is -2.28. The summed E-state index contributed by atoms with van der Waals surface area (Å²) in [6.45, 7) is 3.14. The van der Waals surface area contributed by atoms with Crippen molar-refractivity contribution in [3.8, 4) is 0 Å². The third kappa shape index (κ3) is 4.44. The third-order valence-corrected chi connectivity index (χ3v) is 4.47. The van der Waals surface area contributed by atoms with Crippen molar-refractivity contribution in [3.63, 3.8) is 0 Å². The summed E-state index contributed by atoms with van der Waals surface area (Å²) in [5.74, 6) is 0.537. The molecule has 1 amide bonds. The van der Waals surface area contributed by atoms with Crippen LogP contribution in [0.1, 0.15) is 10.4 Å². The number of hydrogen-bond acceptors (Lipinski definition) is 6. The second kappa shape index (κ2) is 8.49. The first-order valence-electron chi connectivity index (χ1n) is 9.17. The topological polar surface area (TPSA) is 79.4 Å². The summed E-state index contributed by atoms with van der Waals surface area (Å²) >= 11 is 0. The highest BCUT2D eigenvalue weighted by atomic mass is 16.5. The van der Waals surface area contributed by atoms with Gasteiger partial charge < -0.3 is 20.3 Å². The Labute approximate surface area is 163 Å². The summed E-state index contributed by atoms with van der Waals surface area (Å²) in [4.78, 5) is 14.4. The van der Waals surface area contributed by atoms with E-state index in [-0.39, 0.29) is 5.91 Å². The molecule has 1 aliphatic heterocycles. The Morgan fingerprint density at radius 2 is 1.68 bits per heavy atom. The second-order valence-electron chi connectivity index (χ2n) is 6.42. The number of carbonyl (C=O) groups is 1. The van der Waals surface area contributed by atoms with E-state index in [0.717, 1.165) is 43.4 Å². The van der Waals surface area contributed by atoms with Crippen LogP contribution in [0, 0.1) is 0 Å². The number of morpholine rings is 1. The molecule has 1 aliphatic rings. The van der Waals surface area contributed by atoms with E-state index in [9.17, 15) is 4.79 Å². The van der Waals surface area contributed by atoms with Crippen molar-refractivity contribution in [2.75, 3.05) is 41.8 Å². The Bertz CT molecular complexity index is 925. The van der Waals surface area contributed by atoms with Gasteiger partial charge in [-0.05, 0) is 36.4 Å². The zero-order chi connectivity index (χ0) is 19.2. The SMILES string of the molecule is O=C(Nc1ccc(Nc2cc(N3CCOCC3)cnn2)cc1)c1ccccc1. The van der Waals surface area contributed by atoms with Crippen molar-refractivity contribution in [1.29, 1.82) is 0 Å². The van der Waals surface area contributed by atoms with Crippen LogP contribution in [0.15, 0.2) is 66.9 Å². The number of benzene rings is 2. The average Bonchev–Trinajstić information content (AvgIpc) is 2.76. The van der Waals surface area contributed by atoms with Crippen LogP contribution in [0.25, 0.3) is 0 Å². The Hall–Kier alpha value is -3.45. The van der Waals surface area contributed by atoms with E-state index in [1.165, 1.54) is 0 Å². The van der Waals surface area contributed by atoms with Crippen LogP contribution in [-0.4, -0.2) is 42.4 Å². The number of aromatic nitrogens is 2. The fourth-order valence-electron chi connectivity index (χ4n) is 2.99. The number of nitrogens with one attached hydrogen (secondary N) is 2. The molecule has 142 valence electrons. The molecule has 2 N–H and O–H groups in total. The number of carbonyl (C=O) groups excluding carboxylic acids is 1. The maximum atomic E-state index is 12.2. The van der Waals surface area contributed by atoms with Crippen molar-refractivity contribution < 1.29 is 9.53 Å². The van der Waals surface area contributed by atoms with Gasteiger partial charge in [-0.1, -0.05) is 18.2 Å². The number of rotatable bonds is 5. The highest BCUT2D eigenvalue weighted by molar-refractivity contribution is 6.04. The molecule has 0 saturated carbocycles. The predicted molar refractivity (Wildman–Crippen MR) is 109 cm³/mol. The Balaban J connectivity index is 1.40. The lowest BCUT2D eigenvalue weighted by Crippen LogP contribution is -2.36. The van der Waals surface area contributed by atoms with Crippen LogP contribution < -0.4 is 15.5 Å². The maximum absolute atomic E-state index is 12.2. The quantitative estimate of drug-likeness (QED) is 0.712. The molecule has 0 atom stereocenters. The van der Waals surface area contributed by atoms with Gasteiger partial charge in [0, 0.05) is 36.1 Å². The standard InChI is InChI=1S/C21H21N5O2/c27-21(16-4-2-1-3-5-16)24-18-8-6-17(7-9-18)23-20-14-19(15-22-25-20)26-10-12-28-13-11-26/h1-9,14-15H,10-13H2,(H,23,25)(H,24,27). The van der Waals surface area contributed by atoms with Gasteiger partial charge in [-0.25, -0.2) is 0 Å². The van der Waals surface area contributed by atoms with Gasteiger partial charge in [-0.15, -0.1) is 5.10 Å². The Kier molecular flexibility index (Phi) is 5.44. The molecule has 0 unspecified atom stereocenters. The first-order chi connectivity index (χ1) is 13.8. The molecular formula is C21H21N5O2. The number of nitrogens with zero attached hydrogens (tertiary/aromatic N) is 3. The fourth-order valence-corrected chi connectivity index (χ4v) is 2.99. The predicted octanol–water partition coefficient (Wildman–Crippen LogP) is 3.31. The summed E-state index contributed by atoms with van der Waals surface area (Å²) in [5, 5.41) is 14.4. The van der Waals surface area contributed by atoms with E-state index in [2.05, 4.69) is 25.7 Å². The minimum atomic E-state index is -0.134. The normalized spacial score (nSPS) is 13.8. The zero-order valence-corrected chi connectivity index (χ0v) is 15.3. The first-order valence-corrected chi connectivity index (χ1v) is 9.17. The minimum absolute atomic E-state index is 0.134. The minimum Gasteiger partial charge on any atom is -0.378 e. The molecule has 4 rings (SSSR count). The lowest BCUT2D eigenvalue weighted by molar-refractivity contribution is 0.102. The van der Waals surface area contributed by atoms with Crippen LogP contribution >= 0.6 is 0 Å². The largest absolute Gasteiger partial charge is 0.378 e. The van der Waals surface area contributed by atoms with E-state index < -0.39 is 0 Å². The molecule has 1 saturated heterocycles. The molecule has 7 nitrogen and oxygen atoms in total. The van der Waals surface area contributed by atoms with Crippen LogP contribution in [-0.2, 0) is 4.74 Å². The molecule has 1 fully saturated rings. The number of ether oxygens (including phenoxy) is 1. The van der Waals surface area contributed by atoms with E-state index in [4.69, 9.17) is 4.74 Å². The molecule has 2 aromatic carbocycles. The van der Waals surface area contributed by atoms with E-state index in [1.54, 1.807) is 18.3 Å². The van der Waals surface area contributed by atoms with Crippen molar-refractivity contribution in [3.05, 3.63) is 72.4 Å². The summed E-state index contributed by atoms with van der Waals surface area (Å²) in [7, 11) is 0. The average molecular weight is 375 g/mol. The molecule has 2 heterocycles. The van der Waals surface area contributed by atoms with Gasteiger partial charge >= 0.3 is 0 Å². The zero-order valence-electron chi connectivity index (χ0n) is 15.3.